The van der Waals surface area contributed by atoms with Gasteiger partial charge in [0.05, 0.1) is 24.5 Å². The zero-order chi connectivity index (χ0) is 17.2. The zero-order valence-electron chi connectivity index (χ0n) is 13.2. The first-order chi connectivity index (χ1) is 11.4. The van der Waals surface area contributed by atoms with E-state index in [9.17, 15) is 18.0 Å². The third-order valence-electron chi connectivity index (χ3n) is 4.02. The smallest absolute Gasteiger partial charge is 0.238 e. The monoisotopic (exact) mass is 352 g/mol. The van der Waals surface area contributed by atoms with Crippen molar-refractivity contribution in [2.75, 3.05) is 48.1 Å². The fourth-order valence-electron chi connectivity index (χ4n) is 2.87. The van der Waals surface area contributed by atoms with Crippen LogP contribution in [0, 0.1) is 0 Å². The Kier molecular flexibility index (Phi) is 4.72. The Hall–Kier alpha value is -2.13. The molecule has 0 unspecified atom stereocenters. The standard InChI is InChI=1S/C15H20N4O4S/c20-14-10-18(8-6-16-14)11-15(21)17-12-2-4-13(5-3-12)19-7-1-9-24(19,22)23/h2-5H,1,6-11H2,(H,16,20)(H,17,21). The Morgan fingerprint density at radius 2 is 1.96 bits per heavy atom. The fraction of sp³-hybridized carbons (Fsp3) is 0.467. The minimum absolute atomic E-state index is 0.0785. The number of nitrogens with one attached hydrogen (secondary N) is 2. The molecule has 0 spiro atoms. The van der Waals surface area contributed by atoms with E-state index in [2.05, 4.69) is 10.6 Å². The molecule has 2 aliphatic rings. The zero-order valence-corrected chi connectivity index (χ0v) is 14.0. The third-order valence-corrected chi connectivity index (χ3v) is 5.89. The summed E-state index contributed by atoms with van der Waals surface area (Å²) in [6, 6.07) is 6.74. The van der Waals surface area contributed by atoms with Gasteiger partial charge >= 0.3 is 0 Å². The molecule has 2 fully saturated rings. The molecule has 0 bridgehead atoms. The van der Waals surface area contributed by atoms with Gasteiger partial charge in [0.25, 0.3) is 0 Å². The van der Waals surface area contributed by atoms with Crippen LogP contribution in [0.25, 0.3) is 0 Å². The summed E-state index contributed by atoms with van der Waals surface area (Å²) in [4.78, 5) is 25.1. The highest BCUT2D eigenvalue weighted by Crippen LogP contribution is 2.25. The second kappa shape index (κ2) is 6.78. The van der Waals surface area contributed by atoms with Gasteiger partial charge in [-0.25, -0.2) is 8.42 Å². The van der Waals surface area contributed by atoms with Gasteiger partial charge in [0.1, 0.15) is 0 Å². The maximum Gasteiger partial charge on any atom is 0.238 e. The van der Waals surface area contributed by atoms with Crippen molar-refractivity contribution in [2.45, 2.75) is 6.42 Å². The topological polar surface area (TPSA) is 98.8 Å². The van der Waals surface area contributed by atoms with Crippen molar-refractivity contribution >= 4 is 33.2 Å². The van der Waals surface area contributed by atoms with Gasteiger partial charge in [-0.15, -0.1) is 0 Å². The summed E-state index contributed by atoms with van der Waals surface area (Å²) in [7, 11) is -3.20. The number of carbonyl (C=O) groups is 2. The van der Waals surface area contributed by atoms with Crippen LogP contribution in [0.1, 0.15) is 6.42 Å². The Morgan fingerprint density at radius 1 is 1.21 bits per heavy atom. The SMILES string of the molecule is O=C1CN(CC(=O)Nc2ccc(N3CCCS3(=O)=O)cc2)CCN1. The summed E-state index contributed by atoms with van der Waals surface area (Å²) in [5.41, 5.74) is 1.21. The number of sulfonamides is 1. The van der Waals surface area contributed by atoms with E-state index in [1.54, 1.807) is 29.2 Å². The molecule has 0 aromatic heterocycles. The summed E-state index contributed by atoms with van der Waals surface area (Å²) < 4.78 is 25.2. The van der Waals surface area contributed by atoms with Crippen LogP contribution in [0.3, 0.4) is 0 Å². The summed E-state index contributed by atoms with van der Waals surface area (Å²) in [6.07, 6.45) is 0.629. The Balaban J connectivity index is 1.58. The molecule has 130 valence electrons. The first-order valence-corrected chi connectivity index (χ1v) is 9.44. The van der Waals surface area contributed by atoms with Crippen molar-refractivity contribution in [3.8, 4) is 0 Å². The first-order valence-electron chi connectivity index (χ1n) is 7.83. The normalized spacial score (nSPS) is 20.7. The van der Waals surface area contributed by atoms with Gasteiger partial charge in [-0.1, -0.05) is 0 Å². The molecule has 2 amide bonds. The minimum atomic E-state index is -3.20. The molecule has 1 aromatic rings. The number of amides is 2. The minimum Gasteiger partial charge on any atom is -0.354 e. The molecule has 2 aliphatic heterocycles. The Bertz CT molecular complexity index is 732. The van der Waals surface area contributed by atoms with Crippen LogP contribution < -0.4 is 14.9 Å². The molecule has 3 rings (SSSR count). The highest BCUT2D eigenvalue weighted by atomic mass is 32.2. The number of benzene rings is 1. The van der Waals surface area contributed by atoms with E-state index in [1.807, 2.05) is 0 Å². The lowest BCUT2D eigenvalue weighted by Crippen LogP contribution is -2.49. The van der Waals surface area contributed by atoms with E-state index in [1.165, 1.54) is 4.31 Å². The average Bonchev–Trinajstić information content (AvgIpc) is 2.87. The highest BCUT2D eigenvalue weighted by Gasteiger charge is 2.28. The van der Waals surface area contributed by atoms with Crippen LogP contribution >= 0.6 is 0 Å². The molecule has 0 saturated carbocycles. The number of piperazine rings is 1. The Labute approximate surface area is 140 Å². The van der Waals surface area contributed by atoms with Crippen LogP contribution in [-0.2, 0) is 19.6 Å². The summed E-state index contributed by atoms with van der Waals surface area (Å²) in [6.45, 7) is 2.05. The van der Waals surface area contributed by atoms with Crippen molar-refractivity contribution in [1.82, 2.24) is 10.2 Å². The first kappa shape index (κ1) is 16.7. The number of anilines is 2. The quantitative estimate of drug-likeness (QED) is 0.768. The van der Waals surface area contributed by atoms with Crippen molar-refractivity contribution in [3.05, 3.63) is 24.3 Å². The molecular weight excluding hydrogens is 332 g/mol. The molecule has 8 nitrogen and oxygen atoms in total. The lowest BCUT2D eigenvalue weighted by Gasteiger charge is -2.25. The van der Waals surface area contributed by atoms with Crippen LogP contribution in [0.15, 0.2) is 24.3 Å². The number of rotatable bonds is 4. The summed E-state index contributed by atoms with van der Waals surface area (Å²) in [5.74, 6) is -0.106. The van der Waals surface area contributed by atoms with Gasteiger partial charge in [-0.2, -0.15) is 0 Å². The van der Waals surface area contributed by atoms with E-state index in [0.717, 1.165) is 0 Å². The van der Waals surface area contributed by atoms with E-state index < -0.39 is 10.0 Å². The lowest BCUT2D eigenvalue weighted by molar-refractivity contribution is -0.125. The van der Waals surface area contributed by atoms with Gasteiger partial charge in [0, 0.05) is 25.3 Å². The number of hydrogen-bond donors (Lipinski definition) is 2. The molecule has 9 heteroatoms. The maximum absolute atomic E-state index is 12.0. The number of nitrogens with zero attached hydrogens (tertiary/aromatic N) is 2. The third kappa shape index (κ3) is 3.85. The number of hydrogen-bond acceptors (Lipinski definition) is 5. The predicted octanol–water partition coefficient (Wildman–Crippen LogP) is -0.403. The Morgan fingerprint density at radius 3 is 2.58 bits per heavy atom. The van der Waals surface area contributed by atoms with E-state index >= 15 is 0 Å². The molecule has 24 heavy (non-hydrogen) atoms. The fourth-order valence-corrected chi connectivity index (χ4v) is 4.44. The van der Waals surface area contributed by atoms with Crippen LogP contribution in [0.5, 0.6) is 0 Å². The molecule has 0 aliphatic carbocycles. The van der Waals surface area contributed by atoms with Gasteiger partial charge in [0.2, 0.25) is 21.8 Å². The average molecular weight is 352 g/mol. The molecule has 2 heterocycles. The molecule has 1 aromatic carbocycles. The van der Waals surface area contributed by atoms with Crippen molar-refractivity contribution in [3.63, 3.8) is 0 Å². The lowest BCUT2D eigenvalue weighted by atomic mass is 10.2. The molecule has 2 saturated heterocycles. The second-order valence-electron chi connectivity index (χ2n) is 5.90. The van der Waals surface area contributed by atoms with Crippen molar-refractivity contribution < 1.29 is 18.0 Å². The van der Waals surface area contributed by atoms with Crippen molar-refractivity contribution in [2.24, 2.45) is 0 Å². The van der Waals surface area contributed by atoms with Crippen LogP contribution in [-0.4, -0.2) is 63.6 Å². The van der Waals surface area contributed by atoms with Crippen LogP contribution in [0.4, 0.5) is 11.4 Å². The largest absolute Gasteiger partial charge is 0.354 e. The maximum atomic E-state index is 12.0. The second-order valence-corrected chi connectivity index (χ2v) is 7.91. The van der Waals surface area contributed by atoms with E-state index in [4.69, 9.17) is 0 Å². The van der Waals surface area contributed by atoms with E-state index in [0.29, 0.717) is 37.4 Å². The van der Waals surface area contributed by atoms with Gasteiger partial charge in [-0.05, 0) is 30.7 Å². The molecule has 0 radical (unpaired) electrons. The van der Waals surface area contributed by atoms with Crippen molar-refractivity contribution in [1.29, 1.82) is 0 Å². The predicted molar refractivity (Wildman–Crippen MR) is 90.3 cm³/mol. The summed E-state index contributed by atoms with van der Waals surface area (Å²) >= 11 is 0. The van der Waals surface area contributed by atoms with E-state index in [-0.39, 0.29) is 30.7 Å². The summed E-state index contributed by atoms with van der Waals surface area (Å²) in [5, 5.41) is 5.47. The molecule has 2 N–H and O–H groups in total. The van der Waals surface area contributed by atoms with Gasteiger partial charge in [0.15, 0.2) is 0 Å². The molecule has 0 atom stereocenters. The van der Waals surface area contributed by atoms with Gasteiger partial charge in [-0.3, -0.25) is 18.8 Å². The molecular formula is C15H20N4O4S. The highest BCUT2D eigenvalue weighted by molar-refractivity contribution is 7.93. The number of carbonyl (C=O) groups excluding carboxylic acids is 2. The van der Waals surface area contributed by atoms with Gasteiger partial charge < -0.3 is 10.6 Å². The van der Waals surface area contributed by atoms with Crippen LogP contribution in [0.2, 0.25) is 0 Å².